The number of unbranched alkanes of at least 4 members (excludes halogenated alkanes) is 12. The predicted molar refractivity (Wildman–Crippen MR) is 163 cm³/mol. The number of amides is 1. The van der Waals surface area contributed by atoms with Crippen LogP contribution in [0.4, 0.5) is 0 Å². The van der Waals surface area contributed by atoms with Crippen LogP contribution in [0, 0.1) is 0 Å². The lowest BCUT2D eigenvalue weighted by molar-refractivity contribution is -0.124. The minimum Gasteiger partial charge on any atom is -0.393 e. The van der Waals surface area contributed by atoms with E-state index in [2.05, 4.69) is 31.3 Å². The van der Waals surface area contributed by atoms with Gasteiger partial charge in [0.25, 0.3) is 0 Å². The second kappa shape index (κ2) is 26.8. The molecule has 0 aromatic rings. The molecule has 0 aliphatic heterocycles. The molecular weight excluding hydrogens is 531 g/mol. The monoisotopic (exact) mass is 590 g/mol. The maximum Gasteiger partial charge on any atom is 0.472 e. The van der Waals surface area contributed by atoms with Gasteiger partial charge < -0.3 is 26.2 Å². The van der Waals surface area contributed by atoms with Crippen LogP contribution in [0.2, 0.25) is 0 Å². The summed E-state index contributed by atoms with van der Waals surface area (Å²) in [7, 11) is -4.38. The summed E-state index contributed by atoms with van der Waals surface area (Å²) < 4.78 is 21.8. The Labute approximate surface area is 243 Å². The first-order valence-electron chi connectivity index (χ1n) is 15.5. The summed E-state index contributed by atoms with van der Waals surface area (Å²) in [6.45, 7) is 3.83. The number of hydrogen-bond acceptors (Lipinski definition) is 7. The molecule has 4 atom stereocenters. The van der Waals surface area contributed by atoms with E-state index in [0.29, 0.717) is 12.8 Å². The highest BCUT2D eigenvalue weighted by molar-refractivity contribution is 7.47. The highest BCUT2D eigenvalue weighted by Gasteiger charge is 2.27. The average Bonchev–Trinajstić information content (AvgIpc) is 2.92. The molecule has 236 valence electrons. The summed E-state index contributed by atoms with van der Waals surface area (Å²) in [5.74, 6) is -0.464. The second-order valence-electron chi connectivity index (χ2n) is 10.5. The Morgan fingerprint density at radius 2 is 1.43 bits per heavy atom. The number of hydrogen-bond donors (Lipinski definition) is 5. The van der Waals surface area contributed by atoms with Gasteiger partial charge in [-0.25, -0.2) is 4.57 Å². The molecule has 0 saturated carbocycles. The Balaban J connectivity index is 4.68. The van der Waals surface area contributed by atoms with Crippen LogP contribution in [-0.4, -0.2) is 59.0 Å². The molecule has 0 aliphatic rings. The Bertz CT molecular complexity index is 706. The van der Waals surface area contributed by atoms with Crippen LogP contribution in [0.25, 0.3) is 0 Å². The molecule has 0 spiro atoms. The summed E-state index contributed by atoms with van der Waals surface area (Å²) in [5, 5.41) is 23.6. The van der Waals surface area contributed by atoms with Crippen molar-refractivity contribution in [3.8, 4) is 0 Å². The fraction of sp³-hybridized carbons (Fsp3) is 0.833. The molecule has 9 nitrogen and oxygen atoms in total. The van der Waals surface area contributed by atoms with Crippen molar-refractivity contribution in [3.63, 3.8) is 0 Å². The first-order valence-corrected chi connectivity index (χ1v) is 17.0. The van der Waals surface area contributed by atoms with Crippen LogP contribution in [0.3, 0.4) is 0 Å². The number of carbonyl (C=O) groups excluding carboxylic acids is 1. The van der Waals surface area contributed by atoms with E-state index in [-0.39, 0.29) is 19.6 Å². The third-order valence-electron chi connectivity index (χ3n) is 6.58. The molecule has 0 rings (SSSR count). The molecule has 10 heteroatoms. The summed E-state index contributed by atoms with van der Waals surface area (Å²) in [5.41, 5.74) is 5.31. The van der Waals surface area contributed by atoms with Gasteiger partial charge in [-0.05, 0) is 32.1 Å². The van der Waals surface area contributed by atoms with Gasteiger partial charge in [0.2, 0.25) is 5.91 Å². The lowest BCUT2D eigenvalue weighted by Crippen LogP contribution is -2.46. The van der Waals surface area contributed by atoms with Crippen molar-refractivity contribution < 1.29 is 33.5 Å². The van der Waals surface area contributed by atoms with E-state index in [1.165, 1.54) is 57.8 Å². The fourth-order valence-corrected chi connectivity index (χ4v) is 4.95. The normalized spacial score (nSPS) is 15.8. The highest BCUT2D eigenvalue weighted by Crippen LogP contribution is 2.43. The topological polar surface area (TPSA) is 151 Å². The van der Waals surface area contributed by atoms with Crippen LogP contribution in [-0.2, 0) is 18.4 Å². The third kappa shape index (κ3) is 24.7. The Kier molecular flexibility index (Phi) is 26.1. The number of phosphoric acid groups is 1. The first-order chi connectivity index (χ1) is 19.3. The molecule has 0 aromatic heterocycles. The number of aliphatic hydroxyl groups is 2. The summed E-state index contributed by atoms with van der Waals surface area (Å²) in [6, 6.07) is -0.991. The third-order valence-corrected chi connectivity index (χ3v) is 7.57. The maximum atomic E-state index is 12.6. The molecule has 6 N–H and O–H groups in total. The summed E-state index contributed by atoms with van der Waals surface area (Å²) in [4.78, 5) is 22.4. The van der Waals surface area contributed by atoms with Gasteiger partial charge >= 0.3 is 7.82 Å². The van der Waals surface area contributed by atoms with Gasteiger partial charge in [-0.15, -0.1) is 0 Å². The van der Waals surface area contributed by atoms with Crippen molar-refractivity contribution in [2.24, 2.45) is 5.73 Å². The van der Waals surface area contributed by atoms with Gasteiger partial charge in [0.15, 0.2) is 0 Å². The molecule has 0 aromatic carbocycles. The molecule has 1 amide bonds. The Hall–Kier alpha value is -1.06. The zero-order valence-electron chi connectivity index (χ0n) is 25.2. The van der Waals surface area contributed by atoms with Crippen LogP contribution < -0.4 is 11.1 Å². The SMILES string of the molecule is CCCCCCC/C=C/CC/C=C/C(O)C(COP(=O)(O)OCCN)NC(=O)CC(O)CCCCCCCCC. The van der Waals surface area contributed by atoms with E-state index in [9.17, 15) is 24.5 Å². The molecule has 0 bridgehead atoms. The summed E-state index contributed by atoms with van der Waals surface area (Å²) in [6.07, 6.45) is 22.9. The van der Waals surface area contributed by atoms with E-state index in [1.807, 2.05) is 6.08 Å². The lowest BCUT2D eigenvalue weighted by Gasteiger charge is -2.24. The zero-order chi connectivity index (χ0) is 29.9. The Morgan fingerprint density at radius 1 is 0.850 bits per heavy atom. The number of aliphatic hydroxyl groups excluding tert-OH is 2. The van der Waals surface area contributed by atoms with Gasteiger partial charge in [0, 0.05) is 6.54 Å². The molecule has 0 fully saturated rings. The summed E-state index contributed by atoms with van der Waals surface area (Å²) >= 11 is 0. The van der Waals surface area contributed by atoms with E-state index in [0.717, 1.165) is 32.1 Å². The van der Waals surface area contributed by atoms with Crippen molar-refractivity contribution in [1.82, 2.24) is 5.32 Å². The predicted octanol–water partition coefficient (Wildman–Crippen LogP) is 6.07. The van der Waals surface area contributed by atoms with Gasteiger partial charge in [-0.3, -0.25) is 13.8 Å². The lowest BCUT2D eigenvalue weighted by atomic mass is 10.0. The largest absolute Gasteiger partial charge is 0.472 e. The molecule has 0 heterocycles. The minimum absolute atomic E-state index is 0.0450. The van der Waals surface area contributed by atoms with E-state index >= 15 is 0 Å². The quantitative estimate of drug-likeness (QED) is 0.0418. The van der Waals surface area contributed by atoms with Crippen molar-refractivity contribution in [2.75, 3.05) is 19.8 Å². The fourth-order valence-electron chi connectivity index (χ4n) is 4.19. The zero-order valence-corrected chi connectivity index (χ0v) is 26.1. The standard InChI is InChI=1S/C30H59N2O7P/c1-3-5-7-9-11-12-13-14-16-18-20-22-29(34)28(26-39-40(36,37)38-24-23-31)32-30(35)25-27(33)21-19-17-15-10-8-6-4-2/h13-14,20,22,27-29,33-34H,3-12,15-19,21,23-26,31H2,1-2H3,(H,32,35)(H,36,37)/b14-13+,22-20+. The number of phosphoric ester groups is 1. The van der Waals surface area contributed by atoms with Crippen LogP contribution in [0.1, 0.15) is 123 Å². The van der Waals surface area contributed by atoms with Crippen LogP contribution >= 0.6 is 7.82 Å². The van der Waals surface area contributed by atoms with Gasteiger partial charge in [-0.1, -0.05) is 109 Å². The number of allylic oxidation sites excluding steroid dienone is 3. The smallest absolute Gasteiger partial charge is 0.393 e. The number of nitrogens with one attached hydrogen (secondary N) is 1. The number of carbonyl (C=O) groups is 1. The van der Waals surface area contributed by atoms with E-state index in [1.54, 1.807) is 6.08 Å². The highest BCUT2D eigenvalue weighted by atomic mass is 31.2. The molecule has 0 saturated heterocycles. The van der Waals surface area contributed by atoms with Crippen molar-refractivity contribution in [1.29, 1.82) is 0 Å². The first kappa shape index (κ1) is 38.9. The maximum absolute atomic E-state index is 12.6. The van der Waals surface area contributed by atoms with Crippen molar-refractivity contribution in [2.45, 2.75) is 141 Å². The molecule has 0 aliphatic carbocycles. The van der Waals surface area contributed by atoms with Crippen molar-refractivity contribution >= 4 is 13.7 Å². The van der Waals surface area contributed by atoms with E-state index in [4.69, 9.17) is 14.8 Å². The van der Waals surface area contributed by atoms with Crippen LogP contribution in [0.5, 0.6) is 0 Å². The molecular formula is C30H59N2O7P. The second-order valence-corrected chi connectivity index (χ2v) is 12.0. The van der Waals surface area contributed by atoms with Gasteiger partial charge in [-0.2, -0.15) is 0 Å². The Morgan fingerprint density at radius 3 is 2.08 bits per heavy atom. The molecule has 40 heavy (non-hydrogen) atoms. The van der Waals surface area contributed by atoms with Gasteiger partial charge in [0.05, 0.1) is 37.9 Å². The van der Waals surface area contributed by atoms with Gasteiger partial charge in [0.1, 0.15) is 0 Å². The number of nitrogens with two attached hydrogens (primary N) is 1. The molecule has 0 radical (unpaired) electrons. The molecule has 4 unspecified atom stereocenters. The van der Waals surface area contributed by atoms with E-state index < -0.39 is 38.6 Å². The van der Waals surface area contributed by atoms with Crippen LogP contribution in [0.15, 0.2) is 24.3 Å². The van der Waals surface area contributed by atoms with Crippen molar-refractivity contribution in [3.05, 3.63) is 24.3 Å². The average molecular weight is 591 g/mol. The minimum atomic E-state index is -4.38. The number of rotatable bonds is 28.